The van der Waals surface area contributed by atoms with Gasteiger partial charge in [-0.3, -0.25) is 0 Å². The Balaban J connectivity index is 0.000000980. The van der Waals surface area contributed by atoms with Crippen LogP contribution in [0.2, 0.25) is 0 Å². The third-order valence-corrected chi connectivity index (χ3v) is 2.07. The fraction of sp³-hybridized carbons (Fsp3) is 0.0909. The molecule has 3 heteroatoms. The van der Waals surface area contributed by atoms with E-state index in [1.165, 1.54) is 5.39 Å². The van der Waals surface area contributed by atoms with E-state index >= 15 is 0 Å². The molecule has 0 aromatic heterocycles. The van der Waals surface area contributed by atoms with Crippen molar-refractivity contribution in [1.29, 1.82) is 0 Å². The number of hydrogen-bond donors (Lipinski definition) is 1. The van der Waals surface area contributed by atoms with Gasteiger partial charge >= 0.3 is 0 Å². The van der Waals surface area contributed by atoms with Gasteiger partial charge in [0.15, 0.2) is 0 Å². The number of hydrogen-bond acceptors (Lipinski definition) is 2. The normalized spacial score (nSPS) is 9.50. The molecule has 14 heavy (non-hydrogen) atoms. The predicted molar refractivity (Wildman–Crippen MR) is 62.2 cm³/mol. The summed E-state index contributed by atoms with van der Waals surface area (Å²) in [6.07, 6.45) is 0. The molecular formula is C11H12ClNO. The van der Waals surface area contributed by atoms with Gasteiger partial charge in [-0.25, -0.2) is 0 Å². The second kappa shape index (κ2) is 4.20. The third-order valence-electron chi connectivity index (χ3n) is 2.07. The van der Waals surface area contributed by atoms with Crippen LogP contribution in [0.1, 0.15) is 0 Å². The summed E-state index contributed by atoms with van der Waals surface area (Å²) < 4.78 is 5.12. The molecule has 2 aromatic carbocycles. The second-order valence-corrected chi connectivity index (χ2v) is 2.97. The van der Waals surface area contributed by atoms with Crippen LogP contribution in [0, 0.1) is 0 Å². The van der Waals surface area contributed by atoms with Gasteiger partial charge in [0.1, 0.15) is 5.75 Å². The van der Waals surface area contributed by atoms with E-state index in [1.54, 1.807) is 7.11 Å². The van der Waals surface area contributed by atoms with E-state index in [0.29, 0.717) is 0 Å². The van der Waals surface area contributed by atoms with E-state index in [9.17, 15) is 0 Å². The summed E-state index contributed by atoms with van der Waals surface area (Å²) >= 11 is 0. The van der Waals surface area contributed by atoms with Crippen LogP contribution >= 0.6 is 12.4 Å². The van der Waals surface area contributed by atoms with Crippen LogP contribution in [0.15, 0.2) is 36.4 Å². The Morgan fingerprint density at radius 2 is 1.71 bits per heavy atom. The van der Waals surface area contributed by atoms with E-state index in [-0.39, 0.29) is 12.4 Å². The second-order valence-electron chi connectivity index (χ2n) is 2.97. The first-order valence-electron chi connectivity index (χ1n) is 4.13. The first kappa shape index (κ1) is 10.7. The van der Waals surface area contributed by atoms with Crippen molar-refractivity contribution in [3.05, 3.63) is 36.4 Å². The molecule has 0 amide bonds. The molecule has 74 valence electrons. The molecule has 0 unspecified atom stereocenters. The first-order chi connectivity index (χ1) is 6.29. The van der Waals surface area contributed by atoms with Gasteiger partial charge in [-0.1, -0.05) is 12.1 Å². The summed E-state index contributed by atoms with van der Waals surface area (Å²) in [6, 6.07) is 11.8. The highest BCUT2D eigenvalue weighted by Gasteiger charge is 1.95. The zero-order chi connectivity index (χ0) is 9.26. The summed E-state index contributed by atoms with van der Waals surface area (Å²) in [5.41, 5.74) is 6.45. The standard InChI is InChI=1S/C11H11NO.ClH/c1-13-11-5-3-8-2-4-10(12)6-9(8)7-11;/h2-7H,12H2,1H3;1H. The summed E-state index contributed by atoms with van der Waals surface area (Å²) in [7, 11) is 1.66. The maximum Gasteiger partial charge on any atom is 0.119 e. The number of halogens is 1. The van der Waals surface area contributed by atoms with Gasteiger partial charge < -0.3 is 10.5 Å². The van der Waals surface area contributed by atoms with Crippen LogP contribution in [0.4, 0.5) is 5.69 Å². The maximum absolute atomic E-state index is 5.67. The van der Waals surface area contributed by atoms with Crippen LogP contribution in [0.25, 0.3) is 10.8 Å². The first-order valence-corrected chi connectivity index (χ1v) is 4.13. The van der Waals surface area contributed by atoms with E-state index in [1.807, 2.05) is 36.4 Å². The number of nitrogen functional groups attached to an aromatic ring is 1. The molecule has 0 saturated carbocycles. The number of fused-ring (bicyclic) bond motifs is 1. The maximum atomic E-state index is 5.67. The van der Waals surface area contributed by atoms with Gasteiger partial charge in [-0.2, -0.15) is 0 Å². The molecule has 0 saturated heterocycles. The summed E-state index contributed by atoms with van der Waals surface area (Å²) in [4.78, 5) is 0. The third kappa shape index (κ3) is 1.91. The van der Waals surface area contributed by atoms with Gasteiger partial charge in [-0.05, 0) is 35.0 Å². The van der Waals surface area contributed by atoms with E-state index < -0.39 is 0 Å². The van der Waals surface area contributed by atoms with Crippen molar-refractivity contribution in [2.45, 2.75) is 0 Å². The number of methoxy groups -OCH3 is 1. The highest BCUT2D eigenvalue weighted by molar-refractivity contribution is 5.86. The smallest absolute Gasteiger partial charge is 0.119 e. The molecule has 2 N–H and O–H groups in total. The minimum Gasteiger partial charge on any atom is -0.497 e. The molecular weight excluding hydrogens is 198 g/mol. The van der Waals surface area contributed by atoms with Gasteiger partial charge in [0, 0.05) is 5.69 Å². The number of anilines is 1. The topological polar surface area (TPSA) is 35.2 Å². The lowest BCUT2D eigenvalue weighted by Crippen LogP contribution is -1.85. The summed E-state index contributed by atoms with van der Waals surface area (Å²) in [5, 5.41) is 2.29. The number of nitrogens with two attached hydrogens (primary N) is 1. The molecule has 0 aliphatic carbocycles. The van der Waals surface area contributed by atoms with Gasteiger partial charge in [0.2, 0.25) is 0 Å². The lowest BCUT2D eigenvalue weighted by molar-refractivity contribution is 0.415. The number of ether oxygens (including phenoxy) is 1. The molecule has 2 nitrogen and oxygen atoms in total. The van der Waals surface area contributed by atoms with Crippen LogP contribution in [-0.4, -0.2) is 7.11 Å². The number of benzene rings is 2. The fourth-order valence-corrected chi connectivity index (χ4v) is 1.37. The fourth-order valence-electron chi connectivity index (χ4n) is 1.37. The van der Waals surface area contributed by atoms with Crippen molar-refractivity contribution >= 4 is 28.9 Å². The molecule has 0 radical (unpaired) electrons. The SMILES string of the molecule is COc1ccc2ccc(N)cc2c1.Cl. The largest absolute Gasteiger partial charge is 0.497 e. The van der Waals surface area contributed by atoms with E-state index in [0.717, 1.165) is 16.8 Å². The van der Waals surface area contributed by atoms with Crippen LogP contribution in [-0.2, 0) is 0 Å². The minimum absolute atomic E-state index is 0. The number of rotatable bonds is 1. The molecule has 0 bridgehead atoms. The quantitative estimate of drug-likeness (QED) is 0.733. The highest BCUT2D eigenvalue weighted by atomic mass is 35.5. The van der Waals surface area contributed by atoms with Crippen LogP contribution in [0.3, 0.4) is 0 Å². The average Bonchev–Trinajstić information content (AvgIpc) is 2.16. The molecule has 0 aliphatic heterocycles. The van der Waals surface area contributed by atoms with Crippen molar-refractivity contribution in [3.63, 3.8) is 0 Å². The lowest BCUT2D eigenvalue weighted by Gasteiger charge is -2.02. The minimum atomic E-state index is 0. The molecule has 2 rings (SSSR count). The molecule has 2 aromatic rings. The van der Waals surface area contributed by atoms with E-state index in [4.69, 9.17) is 10.5 Å². The van der Waals surface area contributed by atoms with Gasteiger partial charge in [0.05, 0.1) is 7.11 Å². The zero-order valence-electron chi connectivity index (χ0n) is 7.86. The van der Waals surface area contributed by atoms with Crippen molar-refractivity contribution in [2.75, 3.05) is 12.8 Å². The van der Waals surface area contributed by atoms with Crippen LogP contribution in [0.5, 0.6) is 5.75 Å². The Morgan fingerprint density at radius 3 is 2.43 bits per heavy atom. The Hall–Kier alpha value is -1.41. The lowest BCUT2D eigenvalue weighted by atomic mass is 10.1. The molecule has 0 atom stereocenters. The van der Waals surface area contributed by atoms with E-state index in [2.05, 4.69) is 0 Å². The van der Waals surface area contributed by atoms with Crippen molar-refractivity contribution in [1.82, 2.24) is 0 Å². The van der Waals surface area contributed by atoms with Crippen LogP contribution < -0.4 is 10.5 Å². The molecule has 0 aliphatic rings. The monoisotopic (exact) mass is 209 g/mol. The molecule has 0 spiro atoms. The van der Waals surface area contributed by atoms with Crippen molar-refractivity contribution in [2.24, 2.45) is 0 Å². The van der Waals surface area contributed by atoms with Gasteiger partial charge in [0.25, 0.3) is 0 Å². The van der Waals surface area contributed by atoms with Crippen molar-refractivity contribution in [3.8, 4) is 5.75 Å². The highest BCUT2D eigenvalue weighted by Crippen LogP contribution is 2.22. The Morgan fingerprint density at radius 1 is 1.00 bits per heavy atom. The van der Waals surface area contributed by atoms with Gasteiger partial charge in [-0.15, -0.1) is 12.4 Å². The zero-order valence-corrected chi connectivity index (χ0v) is 8.67. The Bertz CT molecular complexity index is 442. The molecule has 0 fully saturated rings. The summed E-state index contributed by atoms with van der Waals surface area (Å²) in [6.45, 7) is 0. The summed E-state index contributed by atoms with van der Waals surface area (Å²) in [5.74, 6) is 0.859. The Labute approximate surface area is 89.1 Å². The van der Waals surface area contributed by atoms with Crippen molar-refractivity contribution < 1.29 is 4.74 Å². The average molecular weight is 210 g/mol. The predicted octanol–water partition coefficient (Wildman–Crippen LogP) is 2.85. The Kier molecular flexibility index (Phi) is 3.20. The molecule has 0 heterocycles.